The first-order chi connectivity index (χ1) is 5.11. The molecule has 62 valence electrons. The molecule has 1 atom stereocenters. The van der Waals surface area contributed by atoms with Gasteiger partial charge < -0.3 is 5.32 Å². The molecule has 1 aliphatic heterocycles. The van der Waals surface area contributed by atoms with Crippen molar-refractivity contribution in [3.63, 3.8) is 0 Å². The molecule has 0 fully saturated rings. The number of carbonyl (C=O) groups excluding carboxylic acids is 1. The number of amides is 1. The number of aliphatic imine (C=N–C) groups is 1. The Morgan fingerprint density at radius 1 is 1.64 bits per heavy atom. The maximum absolute atomic E-state index is 11.3. The molecule has 0 aromatic rings. The van der Waals surface area contributed by atoms with E-state index < -0.39 is 10.8 Å². The Bertz CT molecular complexity index is 235. The molecule has 0 radical (unpaired) electrons. The minimum atomic E-state index is -1.15. The van der Waals surface area contributed by atoms with E-state index >= 15 is 0 Å². The van der Waals surface area contributed by atoms with Crippen LogP contribution in [0, 0.1) is 0 Å². The van der Waals surface area contributed by atoms with Crippen LogP contribution >= 0.6 is 0 Å². The van der Waals surface area contributed by atoms with Crippen LogP contribution in [0.1, 0.15) is 13.8 Å². The van der Waals surface area contributed by atoms with Crippen LogP contribution in [0.4, 0.5) is 0 Å². The highest BCUT2D eigenvalue weighted by Gasteiger charge is 2.20. The number of nitrogens with zero attached hydrogens (tertiary/aromatic N) is 1. The average Bonchev–Trinajstić information content (AvgIpc) is 2.34. The van der Waals surface area contributed by atoms with Crippen LogP contribution in [0.15, 0.2) is 4.99 Å². The van der Waals surface area contributed by atoms with Crippen molar-refractivity contribution in [3.8, 4) is 0 Å². The lowest BCUT2D eigenvalue weighted by molar-refractivity contribution is -0.117. The Kier molecular flexibility index (Phi) is 2.38. The molecule has 0 aromatic carbocycles. The Balaban J connectivity index is 2.63. The van der Waals surface area contributed by atoms with Gasteiger partial charge in [0, 0.05) is 5.25 Å². The summed E-state index contributed by atoms with van der Waals surface area (Å²) in [5.41, 5.74) is 0. The van der Waals surface area contributed by atoms with Gasteiger partial charge in [-0.05, 0) is 0 Å². The number of hydrogen-bond donors (Lipinski definition) is 1. The number of hydrogen-bond acceptors (Lipinski definition) is 3. The monoisotopic (exact) mass is 174 g/mol. The molecular formula is C6H10N2O2S. The summed E-state index contributed by atoms with van der Waals surface area (Å²) < 4.78 is 11.3. The third-order valence-corrected chi connectivity index (χ3v) is 2.70. The fraction of sp³-hybridized carbons (Fsp3) is 0.667. The minimum Gasteiger partial charge on any atom is -0.302 e. The standard InChI is InChI=1S/C6H10N2O2S/c1-4(2)11(10)6-7-3-5(9)8-6/h4H,3H2,1-2H3,(H,7,8,9). The van der Waals surface area contributed by atoms with E-state index in [-0.39, 0.29) is 17.7 Å². The van der Waals surface area contributed by atoms with E-state index in [0.29, 0.717) is 5.17 Å². The fourth-order valence-electron chi connectivity index (χ4n) is 0.679. The van der Waals surface area contributed by atoms with Gasteiger partial charge in [-0.1, -0.05) is 13.8 Å². The lowest BCUT2D eigenvalue weighted by Gasteiger charge is -2.03. The molecule has 11 heavy (non-hydrogen) atoms. The molecule has 0 saturated heterocycles. The molecule has 4 nitrogen and oxygen atoms in total. The maximum atomic E-state index is 11.3. The summed E-state index contributed by atoms with van der Waals surface area (Å²) >= 11 is 0. The number of carbonyl (C=O) groups is 1. The summed E-state index contributed by atoms with van der Waals surface area (Å²) in [7, 11) is -1.15. The summed E-state index contributed by atoms with van der Waals surface area (Å²) in [4.78, 5) is 14.4. The summed E-state index contributed by atoms with van der Waals surface area (Å²) in [5.74, 6) is -0.172. The lowest BCUT2D eigenvalue weighted by Crippen LogP contribution is -2.30. The van der Waals surface area contributed by atoms with Crippen LogP contribution in [0.5, 0.6) is 0 Å². The zero-order valence-corrected chi connectivity index (χ0v) is 7.27. The molecule has 5 heteroatoms. The third kappa shape index (κ3) is 1.86. The number of nitrogens with one attached hydrogen (secondary N) is 1. The topological polar surface area (TPSA) is 58.5 Å². The summed E-state index contributed by atoms with van der Waals surface area (Å²) in [6, 6.07) is 0. The first kappa shape index (κ1) is 8.39. The molecule has 0 saturated carbocycles. The van der Waals surface area contributed by atoms with Crippen molar-refractivity contribution in [2.24, 2.45) is 4.99 Å². The smallest absolute Gasteiger partial charge is 0.247 e. The second-order valence-electron chi connectivity index (χ2n) is 2.52. The molecule has 0 spiro atoms. The van der Waals surface area contributed by atoms with Gasteiger partial charge in [-0.15, -0.1) is 0 Å². The molecule has 1 unspecified atom stereocenters. The highest BCUT2D eigenvalue weighted by atomic mass is 32.2. The largest absolute Gasteiger partial charge is 0.302 e. The van der Waals surface area contributed by atoms with Gasteiger partial charge in [-0.3, -0.25) is 14.0 Å². The average molecular weight is 174 g/mol. The van der Waals surface area contributed by atoms with Crippen molar-refractivity contribution in [2.75, 3.05) is 6.54 Å². The van der Waals surface area contributed by atoms with Gasteiger partial charge in [0.2, 0.25) is 5.91 Å². The van der Waals surface area contributed by atoms with E-state index in [0.717, 1.165) is 0 Å². The minimum absolute atomic E-state index is 0.00662. The van der Waals surface area contributed by atoms with Crippen molar-refractivity contribution >= 4 is 21.9 Å². The van der Waals surface area contributed by atoms with Gasteiger partial charge in [-0.25, -0.2) is 0 Å². The summed E-state index contributed by atoms with van der Waals surface area (Å²) in [5, 5.41) is 2.78. The second kappa shape index (κ2) is 3.13. The third-order valence-electron chi connectivity index (χ3n) is 1.23. The molecule has 0 aliphatic carbocycles. The van der Waals surface area contributed by atoms with Gasteiger partial charge in [0.05, 0.1) is 10.8 Å². The molecule has 1 rings (SSSR count). The van der Waals surface area contributed by atoms with E-state index in [2.05, 4.69) is 10.3 Å². The first-order valence-electron chi connectivity index (χ1n) is 3.36. The molecular weight excluding hydrogens is 164 g/mol. The first-order valence-corrected chi connectivity index (χ1v) is 4.57. The highest BCUT2D eigenvalue weighted by Crippen LogP contribution is 1.99. The highest BCUT2D eigenvalue weighted by molar-refractivity contribution is 8.01. The fourth-order valence-corrected chi connectivity index (χ4v) is 1.53. The Morgan fingerprint density at radius 3 is 2.64 bits per heavy atom. The van der Waals surface area contributed by atoms with E-state index in [1.165, 1.54) is 0 Å². The van der Waals surface area contributed by atoms with Crippen molar-refractivity contribution in [1.29, 1.82) is 0 Å². The predicted octanol–water partition coefficient (Wildman–Crippen LogP) is -0.371. The molecule has 1 heterocycles. The van der Waals surface area contributed by atoms with Gasteiger partial charge >= 0.3 is 0 Å². The van der Waals surface area contributed by atoms with Crippen LogP contribution in [0.2, 0.25) is 0 Å². The number of rotatable bonds is 1. The zero-order valence-electron chi connectivity index (χ0n) is 6.46. The maximum Gasteiger partial charge on any atom is 0.247 e. The number of amidine groups is 1. The van der Waals surface area contributed by atoms with Crippen molar-refractivity contribution in [3.05, 3.63) is 0 Å². The molecule has 1 aliphatic rings. The lowest BCUT2D eigenvalue weighted by atomic mass is 10.6. The SMILES string of the molecule is CC(C)S(=O)C1=NCC(=O)N1. The molecule has 0 bridgehead atoms. The Labute approximate surface area is 67.5 Å². The van der Waals surface area contributed by atoms with E-state index in [4.69, 9.17) is 0 Å². The normalized spacial score (nSPS) is 19.9. The van der Waals surface area contributed by atoms with Crippen molar-refractivity contribution in [2.45, 2.75) is 19.1 Å². The van der Waals surface area contributed by atoms with Gasteiger partial charge in [0.1, 0.15) is 6.54 Å². The quantitative estimate of drug-likeness (QED) is 0.589. The van der Waals surface area contributed by atoms with Crippen LogP contribution in [0.3, 0.4) is 0 Å². The van der Waals surface area contributed by atoms with Gasteiger partial charge in [-0.2, -0.15) is 0 Å². The van der Waals surface area contributed by atoms with Gasteiger partial charge in [0.15, 0.2) is 5.17 Å². The van der Waals surface area contributed by atoms with Crippen LogP contribution in [-0.2, 0) is 15.6 Å². The Morgan fingerprint density at radius 2 is 2.27 bits per heavy atom. The second-order valence-corrected chi connectivity index (χ2v) is 4.44. The van der Waals surface area contributed by atoms with Crippen LogP contribution in [-0.4, -0.2) is 27.1 Å². The summed E-state index contributed by atoms with van der Waals surface area (Å²) in [6.45, 7) is 3.76. The van der Waals surface area contributed by atoms with Crippen LogP contribution in [0.25, 0.3) is 0 Å². The van der Waals surface area contributed by atoms with E-state index in [9.17, 15) is 9.00 Å². The van der Waals surface area contributed by atoms with Gasteiger partial charge in [0.25, 0.3) is 0 Å². The molecule has 0 aromatic heterocycles. The Hall–Kier alpha value is -0.710. The predicted molar refractivity (Wildman–Crippen MR) is 43.7 cm³/mol. The van der Waals surface area contributed by atoms with Crippen LogP contribution < -0.4 is 5.32 Å². The van der Waals surface area contributed by atoms with Crippen molar-refractivity contribution in [1.82, 2.24) is 5.32 Å². The summed E-state index contributed by atoms with van der Waals surface area (Å²) in [6.07, 6.45) is 0. The van der Waals surface area contributed by atoms with E-state index in [1.54, 1.807) is 0 Å². The molecule has 1 N–H and O–H groups in total. The van der Waals surface area contributed by atoms with Crippen molar-refractivity contribution < 1.29 is 9.00 Å². The molecule has 1 amide bonds. The zero-order chi connectivity index (χ0) is 8.43. The van der Waals surface area contributed by atoms with E-state index in [1.807, 2.05) is 13.8 Å².